The van der Waals surface area contributed by atoms with Crippen molar-refractivity contribution in [1.29, 1.82) is 0 Å². The molecule has 0 aliphatic rings. The molecule has 2 aromatic rings. The zero-order chi connectivity index (χ0) is 15.8. The van der Waals surface area contributed by atoms with Crippen LogP contribution in [0.3, 0.4) is 0 Å². The van der Waals surface area contributed by atoms with E-state index >= 15 is 0 Å². The highest BCUT2D eigenvalue weighted by molar-refractivity contribution is 5.80. The minimum Gasteiger partial charge on any atom is -0.489 e. The lowest BCUT2D eigenvalue weighted by atomic mass is 10.2. The van der Waals surface area contributed by atoms with Gasteiger partial charge in [0.15, 0.2) is 6.10 Å². The van der Waals surface area contributed by atoms with Crippen molar-refractivity contribution in [3.05, 3.63) is 60.2 Å². The number of carbonyl (C=O) groups is 1. The molecule has 0 radical (unpaired) electrons. The molecule has 1 atom stereocenters. The number of hydrogen-bond donors (Lipinski definition) is 1. The van der Waals surface area contributed by atoms with Crippen LogP contribution < -0.4 is 14.8 Å². The van der Waals surface area contributed by atoms with Gasteiger partial charge in [-0.3, -0.25) is 4.79 Å². The molecule has 0 spiro atoms. The van der Waals surface area contributed by atoms with Gasteiger partial charge in [-0.15, -0.1) is 0 Å². The summed E-state index contributed by atoms with van der Waals surface area (Å²) in [6, 6.07) is 17.3. The highest BCUT2D eigenvalue weighted by atomic mass is 16.5. The number of nitrogens with one attached hydrogen (secondary N) is 1. The molecule has 0 saturated carbocycles. The van der Waals surface area contributed by atoms with Gasteiger partial charge < -0.3 is 14.8 Å². The molecule has 2 rings (SSSR count). The standard InChI is InChI=1S/C18H21NO3/c1-3-19-18(20)14(2)22-17-11-9-16(10-12-17)21-13-15-7-5-4-6-8-15/h4-12,14H,3,13H2,1-2H3,(H,19,20)/t14-/m1/s1. The highest BCUT2D eigenvalue weighted by Crippen LogP contribution is 2.19. The molecule has 4 heteroatoms. The van der Waals surface area contributed by atoms with Crippen LogP contribution in [0, 0.1) is 0 Å². The van der Waals surface area contributed by atoms with Crippen LogP contribution >= 0.6 is 0 Å². The molecule has 0 aliphatic carbocycles. The molecule has 0 bridgehead atoms. The predicted octanol–water partition coefficient (Wildman–Crippen LogP) is 3.17. The summed E-state index contributed by atoms with van der Waals surface area (Å²) in [5.41, 5.74) is 1.12. The lowest BCUT2D eigenvalue weighted by Gasteiger charge is -2.14. The summed E-state index contributed by atoms with van der Waals surface area (Å²) >= 11 is 0. The summed E-state index contributed by atoms with van der Waals surface area (Å²) in [5, 5.41) is 2.73. The maximum atomic E-state index is 11.6. The summed E-state index contributed by atoms with van der Waals surface area (Å²) in [4.78, 5) is 11.6. The zero-order valence-corrected chi connectivity index (χ0v) is 12.9. The summed E-state index contributed by atoms with van der Waals surface area (Å²) in [7, 11) is 0. The maximum absolute atomic E-state index is 11.6. The Hall–Kier alpha value is -2.49. The average molecular weight is 299 g/mol. The van der Waals surface area contributed by atoms with Crippen molar-refractivity contribution in [3.8, 4) is 11.5 Å². The van der Waals surface area contributed by atoms with Gasteiger partial charge in [0.05, 0.1) is 0 Å². The van der Waals surface area contributed by atoms with Gasteiger partial charge in [0.2, 0.25) is 0 Å². The van der Waals surface area contributed by atoms with E-state index in [0.717, 1.165) is 11.3 Å². The van der Waals surface area contributed by atoms with Gasteiger partial charge in [-0.25, -0.2) is 0 Å². The van der Waals surface area contributed by atoms with E-state index < -0.39 is 6.10 Å². The number of amides is 1. The van der Waals surface area contributed by atoms with Gasteiger partial charge in [-0.05, 0) is 43.7 Å². The number of ether oxygens (including phenoxy) is 2. The Bertz CT molecular complexity index is 581. The van der Waals surface area contributed by atoms with Crippen molar-refractivity contribution in [2.75, 3.05) is 6.54 Å². The molecule has 1 amide bonds. The minimum absolute atomic E-state index is 0.119. The van der Waals surface area contributed by atoms with Crippen molar-refractivity contribution in [1.82, 2.24) is 5.32 Å². The highest BCUT2D eigenvalue weighted by Gasteiger charge is 2.13. The monoisotopic (exact) mass is 299 g/mol. The number of benzene rings is 2. The molecular formula is C18H21NO3. The molecule has 4 nitrogen and oxygen atoms in total. The van der Waals surface area contributed by atoms with Crippen molar-refractivity contribution in [2.24, 2.45) is 0 Å². The fraction of sp³-hybridized carbons (Fsp3) is 0.278. The van der Waals surface area contributed by atoms with Gasteiger partial charge in [0, 0.05) is 6.54 Å². The first-order valence-corrected chi connectivity index (χ1v) is 7.40. The first kappa shape index (κ1) is 15.9. The van der Waals surface area contributed by atoms with Crippen LogP contribution in [0.15, 0.2) is 54.6 Å². The fourth-order valence-electron chi connectivity index (χ4n) is 1.93. The smallest absolute Gasteiger partial charge is 0.260 e. The van der Waals surface area contributed by atoms with Crippen molar-refractivity contribution in [2.45, 2.75) is 26.6 Å². The molecule has 0 heterocycles. The maximum Gasteiger partial charge on any atom is 0.260 e. The van der Waals surface area contributed by atoms with E-state index in [-0.39, 0.29) is 5.91 Å². The zero-order valence-electron chi connectivity index (χ0n) is 12.9. The lowest BCUT2D eigenvalue weighted by Crippen LogP contribution is -2.36. The molecule has 2 aromatic carbocycles. The summed E-state index contributed by atoms with van der Waals surface area (Å²) in [6.07, 6.45) is -0.518. The van der Waals surface area contributed by atoms with Gasteiger partial charge >= 0.3 is 0 Å². The second kappa shape index (κ2) is 8.08. The number of carbonyl (C=O) groups excluding carboxylic acids is 1. The summed E-state index contributed by atoms with van der Waals surface area (Å²) < 4.78 is 11.3. The molecule has 1 N–H and O–H groups in total. The van der Waals surface area contributed by atoms with Gasteiger partial charge in [0.1, 0.15) is 18.1 Å². The van der Waals surface area contributed by atoms with Crippen molar-refractivity contribution in [3.63, 3.8) is 0 Å². The predicted molar refractivity (Wildman–Crippen MR) is 86.0 cm³/mol. The Kier molecular flexibility index (Phi) is 5.83. The van der Waals surface area contributed by atoms with E-state index in [1.54, 1.807) is 19.1 Å². The first-order chi connectivity index (χ1) is 10.7. The molecule has 116 valence electrons. The van der Waals surface area contributed by atoms with Gasteiger partial charge in [-0.2, -0.15) is 0 Å². The molecule has 22 heavy (non-hydrogen) atoms. The minimum atomic E-state index is -0.518. The third-order valence-corrected chi connectivity index (χ3v) is 3.11. The Balaban J connectivity index is 1.86. The van der Waals surface area contributed by atoms with Crippen LogP contribution in [0.4, 0.5) is 0 Å². The second-order valence-electron chi connectivity index (χ2n) is 4.90. The molecule has 0 aromatic heterocycles. The van der Waals surface area contributed by atoms with Gasteiger partial charge in [-0.1, -0.05) is 30.3 Å². The molecule has 0 saturated heterocycles. The Morgan fingerprint density at radius 1 is 1.05 bits per heavy atom. The first-order valence-electron chi connectivity index (χ1n) is 7.40. The summed E-state index contributed by atoms with van der Waals surface area (Å²) in [6.45, 7) is 4.73. The topological polar surface area (TPSA) is 47.6 Å². The largest absolute Gasteiger partial charge is 0.489 e. The van der Waals surface area contributed by atoms with Crippen molar-refractivity contribution >= 4 is 5.91 Å². The number of likely N-dealkylation sites (N-methyl/N-ethyl adjacent to an activating group) is 1. The normalized spacial score (nSPS) is 11.5. The van der Waals surface area contributed by atoms with E-state index in [4.69, 9.17) is 9.47 Å². The SMILES string of the molecule is CCNC(=O)[C@@H](C)Oc1ccc(OCc2ccccc2)cc1. The Morgan fingerprint density at radius 3 is 2.32 bits per heavy atom. The third-order valence-electron chi connectivity index (χ3n) is 3.11. The van der Waals surface area contributed by atoms with E-state index in [2.05, 4.69) is 5.32 Å². The molecular weight excluding hydrogens is 278 g/mol. The van der Waals surface area contributed by atoms with Crippen LogP contribution in [0.1, 0.15) is 19.4 Å². The van der Waals surface area contributed by atoms with E-state index in [1.807, 2.05) is 49.4 Å². The lowest BCUT2D eigenvalue weighted by molar-refractivity contribution is -0.127. The van der Waals surface area contributed by atoms with Crippen molar-refractivity contribution < 1.29 is 14.3 Å². The van der Waals surface area contributed by atoms with E-state index in [1.165, 1.54) is 0 Å². The number of rotatable bonds is 7. The van der Waals surface area contributed by atoms with Crippen LogP contribution in [-0.4, -0.2) is 18.6 Å². The fourth-order valence-corrected chi connectivity index (χ4v) is 1.93. The number of hydrogen-bond acceptors (Lipinski definition) is 3. The second-order valence-corrected chi connectivity index (χ2v) is 4.90. The van der Waals surface area contributed by atoms with Crippen LogP contribution in [0.5, 0.6) is 11.5 Å². The quantitative estimate of drug-likeness (QED) is 0.854. The summed E-state index contributed by atoms with van der Waals surface area (Å²) in [5.74, 6) is 1.29. The average Bonchev–Trinajstić information content (AvgIpc) is 2.55. The van der Waals surface area contributed by atoms with Crippen LogP contribution in [0.2, 0.25) is 0 Å². The Morgan fingerprint density at radius 2 is 1.68 bits per heavy atom. The van der Waals surface area contributed by atoms with E-state index in [0.29, 0.717) is 18.9 Å². The van der Waals surface area contributed by atoms with Crippen LogP contribution in [-0.2, 0) is 11.4 Å². The van der Waals surface area contributed by atoms with E-state index in [9.17, 15) is 4.79 Å². The Labute approximate surface area is 131 Å². The van der Waals surface area contributed by atoms with Crippen LogP contribution in [0.25, 0.3) is 0 Å². The van der Waals surface area contributed by atoms with Gasteiger partial charge in [0.25, 0.3) is 5.91 Å². The third kappa shape index (κ3) is 4.81. The molecule has 0 fully saturated rings. The molecule has 0 aliphatic heterocycles. The molecule has 0 unspecified atom stereocenters.